The van der Waals surface area contributed by atoms with Crippen molar-refractivity contribution >= 4 is 17.3 Å². The Labute approximate surface area is 115 Å². The van der Waals surface area contributed by atoms with Gasteiger partial charge in [0, 0.05) is 18.7 Å². The van der Waals surface area contributed by atoms with Crippen LogP contribution < -0.4 is 4.90 Å². The first-order valence-electron chi connectivity index (χ1n) is 6.30. The van der Waals surface area contributed by atoms with Crippen molar-refractivity contribution < 1.29 is 19.6 Å². The van der Waals surface area contributed by atoms with E-state index in [1.165, 1.54) is 12.1 Å². The van der Waals surface area contributed by atoms with Crippen molar-refractivity contribution in [2.75, 3.05) is 18.1 Å². The number of aromatic carboxylic acids is 1. The van der Waals surface area contributed by atoms with Gasteiger partial charge >= 0.3 is 5.97 Å². The maximum Gasteiger partial charge on any atom is 0.335 e. The molecule has 20 heavy (non-hydrogen) atoms. The van der Waals surface area contributed by atoms with Crippen LogP contribution >= 0.6 is 0 Å². The minimum atomic E-state index is -1.18. The van der Waals surface area contributed by atoms with Gasteiger partial charge in [0.1, 0.15) is 5.69 Å². The van der Waals surface area contributed by atoms with Gasteiger partial charge in [0.05, 0.1) is 23.2 Å². The quantitative estimate of drug-likeness (QED) is 0.671. The molecule has 1 aliphatic rings. The molecule has 0 aliphatic carbocycles. The fourth-order valence-electron chi connectivity index (χ4n) is 2.28. The van der Waals surface area contributed by atoms with Crippen LogP contribution in [-0.4, -0.2) is 41.3 Å². The number of hydrogen-bond donors (Lipinski definition) is 1. The summed E-state index contributed by atoms with van der Waals surface area (Å²) in [7, 11) is 0. The molecule has 0 aromatic heterocycles. The molecule has 7 heteroatoms. The highest BCUT2D eigenvalue weighted by atomic mass is 16.6. The molecule has 1 heterocycles. The molecule has 1 saturated heterocycles. The number of nitrogens with zero attached hydrogens (tertiary/aromatic N) is 2. The molecule has 2 rings (SSSR count). The Morgan fingerprint density at radius 1 is 1.50 bits per heavy atom. The summed E-state index contributed by atoms with van der Waals surface area (Å²) in [5, 5.41) is 20.1. The average Bonchev–Trinajstić information content (AvgIpc) is 2.40. The molecule has 7 nitrogen and oxygen atoms in total. The van der Waals surface area contributed by atoms with E-state index in [1.54, 1.807) is 0 Å². The number of rotatable bonds is 3. The molecule has 0 bridgehead atoms. The maximum atomic E-state index is 11.2. The normalized spacial score (nSPS) is 22.6. The zero-order valence-corrected chi connectivity index (χ0v) is 11.3. The number of carboxylic acids is 1. The Morgan fingerprint density at radius 3 is 2.80 bits per heavy atom. The van der Waals surface area contributed by atoms with Gasteiger partial charge in [0.25, 0.3) is 5.69 Å². The molecule has 1 aromatic carbocycles. The number of nitro groups is 1. The number of carbonyl (C=O) groups is 1. The second kappa shape index (κ2) is 5.46. The monoisotopic (exact) mass is 280 g/mol. The van der Waals surface area contributed by atoms with Crippen LogP contribution in [0.2, 0.25) is 0 Å². The standard InChI is InChI=1S/C13H16N2O5/c1-8-7-20-9(2)6-14(8)11-4-3-10(13(16)17)5-12(11)15(18)19/h3-5,8-9H,6-7H2,1-2H3,(H,16,17). The number of morpholine rings is 1. The molecule has 1 aliphatic heterocycles. The maximum absolute atomic E-state index is 11.2. The lowest BCUT2D eigenvalue weighted by Gasteiger charge is -2.38. The van der Waals surface area contributed by atoms with Crippen LogP contribution in [0.3, 0.4) is 0 Å². The molecular weight excluding hydrogens is 264 g/mol. The third-order valence-corrected chi connectivity index (χ3v) is 3.34. The van der Waals surface area contributed by atoms with Crippen molar-refractivity contribution in [3.05, 3.63) is 33.9 Å². The van der Waals surface area contributed by atoms with Gasteiger partial charge in [0.2, 0.25) is 0 Å². The van der Waals surface area contributed by atoms with E-state index in [4.69, 9.17) is 9.84 Å². The van der Waals surface area contributed by atoms with Crippen molar-refractivity contribution in [3.8, 4) is 0 Å². The summed E-state index contributed by atoms with van der Waals surface area (Å²) in [5.41, 5.74) is 0.155. The average molecular weight is 280 g/mol. The molecule has 2 atom stereocenters. The number of ether oxygens (including phenoxy) is 1. The summed E-state index contributed by atoms with van der Waals surface area (Å²) < 4.78 is 5.50. The summed E-state index contributed by atoms with van der Waals surface area (Å²) in [6.45, 7) is 4.84. The second-order valence-electron chi connectivity index (χ2n) is 4.91. The summed E-state index contributed by atoms with van der Waals surface area (Å²) in [4.78, 5) is 23.4. The molecule has 1 N–H and O–H groups in total. The number of carboxylic acid groups (broad SMARTS) is 1. The van der Waals surface area contributed by atoms with Gasteiger partial charge in [0.15, 0.2) is 0 Å². The highest BCUT2D eigenvalue weighted by Crippen LogP contribution is 2.32. The van der Waals surface area contributed by atoms with Gasteiger partial charge in [-0.25, -0.2) is 4.79 Å². The second-order valence-corrected chi connectivity index (χ2v) is 4.91. The van der Waals surface area contributed by atoms with Crippen LogP contribution in [0.4, 0.5) is 11.4 Å². The number of benzene rings is 1. The third-order valence-electron chi connectivity index (χ3n) is 3.34. The van der Waals surface area contributed by atoms with E-state index >= 15 is 0 Å². The largest absolute Gasteiger partial charge is 0.478 e. The van der Waals surface area contributed by atoms with Gasteiger partial charge in [-0.2, -0.15) is 0 Å². The Kier molecular flexibility index (Phi) is 3.89. The molecule has 1 fully saturated rings. The SMILES string of the molecule is CC1CN(c2ccc(C(=O)O)cc2[N+](=O)[O-])C(C)CO1. The van der Waals surface area contributed by atoms with Gasteiger partial charge in [-0.3, -0.25) is 10.1 Å². The molecule has 2 unspecified atom stereocenters. The van der Waals surface area contributed by atoms with Crippen LogP contribution in [0.5, 0.6) is 0 Å². The van der Waals surface area contributed by atoms with Crippen molar-refractivity contribution in [2.45, 2.75) is 26.0 Å². The molecule has 0 amide bonds. The molecule has 1 aromatic rings. The van der Waals surface area contributed by atoms with Crippen molar-refractivity contribution in [2.24, 2.45) is 0 Å². The van der Waals surface area contributed by atoms with E-state index in [0.717, 1.165) is 6.07 Å². The van der Waals surface area contributed by atoms with Gasteiger partial charge in [-0.15, -0.1) is 0 Å². The number of nitro benzene ring substituents is 1. The molecule has 0 spiro atoms. The first-order valence-corrected chi connectivity index (χ1v) is 6.30. The van der Waals surface area contributed by atoms with Crippen LogP contribution in [0, 0.1) is 10.1 Å². The molecule has 0 saturated carbocycles. The zero-order valence-electron chi connectivity index (χ0n) is 11.3. The molecular formula is C13H16N2O5. The van der Waals surface area contributed by atoms with Crippen molar-refractivity contribution in [3.63, 3.8) is 0 Å². The van der Waals surface area contributed by atoms with Crippen molar-refractivity contribution in [1.29, 1.82) is 0 Å². The van der Waals surface area contributed by atoms with Gasteiger partial charge < -0.3 is 14.7 Å². The Balaban J connectivity index is 2.44. The van der Waals surface area contributed by atoms with E-state index < -0.39 is 10.9 Å². The van der Waals surface area contributed by atoms with Crippen LogP contribution in [0.1, 0.15) is 24.2 Å². The summed E-state index contributed by atoms with van der Waals surface area (Å²) in [5.74, 6) is -1.18. The highest BCUT2D eigenvalue weighted by molar-refractivity contribution is 5.89. The summed E-state index contributed by atoms with van der Waals surface area (Å²) >= 11 is 0. The zero-order chi connectivity index (χ0) is 14.9. The Bertz CT molecular complexity index is 546. The first-order chi connectivity index (χ1) is 9.40. The minimum Gasteiger partial charge on any atom is -0.478 e. The van der Waals surface area contributed by atoms with Gasteiger partial charge in [-0.1, -0.05) is 0 Å². The number of anilines is 1. The fourth-order valence-corrected chi connectivity index (χ4v) is 2.28. The lowest BCUT2D eigenvalue weighted by atomic mass is 10.1. The predicted molar refractivity (Wildman–Crippen MR) is 72.3 cm³/mol. The van der Waals surface area contributed by atoms with E-state index in [0.29, 0.717) is 18.8 Å². The lowest BCUT2D eigenvalue weighted by Crippen LogP contribution is -2.47. The molecule has 108 valence electrons. The van der Waals surface area contributed by atoms with E-state index in [-0.39, 0.29) is 23.4 Å². The molecule has 0 radical (unpaired) electrons. The van der Waals surface area contributed by atoms with E-state index in [2.05, 4.69) is 0 Å². The van der Waals surface area contributed by atoms with E-state index in [9.17, 15) is 14.9 Å². The Morgan fingerprint density at radius 2 is 2.20 bits per heavy atom. The third kappa shape index (κ3) is 2.72. The van der Waals surface area contributed by atoms with E-state index in [1.807, 2.05) is 18.7 Å². The summed E-state index contributed by atoms with van der Waals surface area (Å²) in [6.07, 6.45) is -0.0232. The predicted octanol–water partition coefficient (Wildman–Crippen LogP) is 1.91. The van der Waals surface area contributed by atoms with Crippen molar-refractivity contribution in [1.82, 2.24) is 0 Å². The topological polar surface area (TPSA) is 92.9 Å². The Hall–Kier alpha value is -2.15. The van der Waals surface area contributed by atoms with Gasteiger partial charge in [-0.05, 0) is 26.0 Å². The van der Waals surface area contributed by atoms with Crippen LogP contribution in [0.25, 0.3) is 0 Å². The summed E-state index contributed by atoms with van der Waals surface area (Å²) in [6, 6.07) is 3.98. The van der Waals surface area contributed by atoms with Crippen LogP contribution in [0.15, 0.2) is 18.2 Å². The number of hydrogen-bond acceptors (Lipinski definition) is 5. The lowest BCUT2D eigenvalue weighted by molar-refractivity contribution is -0.384. The first kappa shape index (κ1) is 14.3. The fraction of sp³-hybridized carbons (Fsp3) is 0.462. The van der Waals surface area contributed by atoms with Crippen LogP contribution in [-0.2, 0) is 4.74 Å². The minimum absolute atomic E-state index is 0.000535. The highest BCUT2D eigenvalue weighted by Gasteiger charge is 2.29. The smallest absolute Gasteiger partial charge is 0.335 e.